The maximum atomic E-state index is 13.0. The number of carbonyl (C=O) groups excluding carboxylic acids is 1. The van der Waals surface area contributed by atoms with Gasteiger partial charge < -0.3 is 5.32 Å². The second-order valence-electron chi connectivity index (χ2n) is 5.05. The number of hydrogen-bond donors (Lipinski definition) is 1. The third-order valence-electron chi connectivity index (χ3n) is 3.68. The van der Waals surface area contributed by atoms with Crippen molar-refractivity contribution in [2.75, 3.05) is 5.32 Å². The highest BCUT2D eigenvalue weighted by Gasteiger charge is 2.51. The Morgan fingerprint density at radius 3 is 2.20 bits per heavy atom. The third-order valence-corrected chi connectivity index (χ3v) is 3.94. The van der Waals surface area contributed by atoms with Crippen LogP contribution in [-0.2, 0) is 10.2 Å². The summed E-state index contributed by atoms with van der Waals surface area (Å²) in [5.74, 6) is -0.339. The zero-order valence-electron chi connectivity index (χ0n) is 10.7. The SMILES string of the molecule is O=C(Nc1ccc(Cl)cc1)C1(c2ccc(F)cc2)CC1. The van der Waals surface area contributed by atoms with Crippen LogP contribution in [-0.4, -0.2) is 5.91 Å². The summed E-state index contributed by atoms with van der Waals surface area (Å²) >= 11 is 5.81. The van der Waals surface area contributed by atoms with Gasteiger partial charge in [0, 0.05) is 10.7 Å². The second-order valence-corrected chi connectivity index (χ2v) is 5.49. The molecule has 0 saturated heterocycles. The highest BCUT2D eigenvalue weighted by atomic mass is 35.5. The van der Waals surface area contributed by atoms with Crippen molar-refractivity contribution in [3.63, 3.8) is 0 Å². The van der Waals surface area contributed by atoms with E-state index in [0.29, 0.717) is 10.7 Å². The standard InChI is InChI=1S/C16H13ClFNO/c17-12-3-7-14(8-4-12)19-15(20)16(9-10-16)11-1-5-13(18)6-2-11/h1-8H,9-10H2,(H,19,20). The van der Waals surface area contributed by atoms with E-state index in [1.54, 1.807) is 36.4 Å². The molecule has 0 spiro atoms. The molecular formula is C16H13ClFNO. The van der Waals surface area contributed by atoms with Gasteiger partial charge in [0.15, 0.2) is 0 Å². The summed E-state index contributed by atoms with van der Waals surface area (Å²) in [4.78, 5) is 12.4. The molecule has 102 valence electrons. The zero-order valence-corrected chi connectivity index (χ0v) is 11.5. The maximum absolute atomic E-state index is 13.0. The number of anilines is 1. The van der Waals surface area contributed by atoms with Crippen molar-refractivity contribution in [3.05, 3.63) is 64.9 Å². The van der Waals surface area contributed by atoms with Crippen molar-refractivity contribution < 1.29 is 9.18 Å². The molecule has 2 nitrogen and oxygen atoms in total. The van der Waals surface area contributed by atoms with Gasteiger partial charge in [-0.05, 0) is 54.8 Å². The van der Waals surface area contributed by atoms with Gasteiger partial charge in [0.25, 0.3) is 0 Å². The van der Waals surface area contributed by atoms with Crippen LogP contribution < -0.4 is 5.32 Å². The number of carbonyl (C=O) groups is 1. The van der Waals surface area contributed by atoms with Gasteiger partial charge >= 0.3 is 0 Å². The van der Waals surface area contributed by atoms with E-state index in [4.69, 9.17) is 11.6 Å². The Bertz CT molecular complexity index is 633. The van der Waals surface area contributed by atoms with Gasteiger partial charge in [0.1, 0.15) is 5.82 Å². The Morgan fingerprint density at radius 2 is 1.65 bits per heavy atom. The molecule has 1 saturated carbocycles. The van der Waals surface area contributed by atoms with Crippen LogP contribution in [0, 0.1) is 5.82 Å². The van der Waals surface area contributed by atoms with Crippen LogP contribution >= 0.6 is 11.6 Å². The molecular weight excluding hydrogens is 277 g/mol. The highest BCUT2D eigenvalue weighted by Crippen LogP contribution is 2.49. The lowest BCUT2D eigenvalue weighted by molar-refractivity contribution is -0.118. The van der Waals surface area contributed by atoms with E-state index in [1.165, 1.54) is 12.1 Å². The molecule has 3 rings (SSSR count). The van der Waals surface area contributed by atoms with E-state index < -0.39 is 5.41 Å². The Kier molecular flexibility index (Phi) is 3.22. The molecule has 0 aliphatic heterocycles. The van der Waals surface area contributed by atoms with E-state index in [-0.39, 0.29) is 11.7 Å². The molecule has 1 fully saturated rings. The van der Waals surface area contributed by atoms with Crippen molar-refractivity contribution >= 4 is 23.2 Å². The molecule has 1 aliphatic rings. The normalized spacial score (nSPS) is 15.7. The highest BCUT2D eigenvalue weighted by molar-refractivity contribution is 6.30. The lowest BCUT2D eigenvalue weighted by Gasteiger charge is -2.15. The smallest absolute Gasteiger partial charge is 0.235 e. The zero-order chi connectivity index (χ0) is 14.2. The Labute approximate surface area is 121 Å². The molecule has 0 aromatic heterocycles. The van der Waals surface area contributed by atoms with E-state index in [2.05, 4.69) is 5.32 Å². The lowest BCUT2D eigenvalue weighted by atomic mass is 9.95. The number of benzene rings is 2. The van der Waals surface area contributed by atoms with E-state index in [9.17, 15) is 9.18 Å². The van der Waals surface area contributed by atoms with Crippen LogP contribution in [0.25, 0.3) is 0 Å². The molecule has 0 bridgehead atoms. The predicted molar refractivity (Wildman–Crippen MR) is 77.4 cm³/mol. The molecule has 1 amide bonds. The van der Waals surface area contributed by atoms with E-state index in [1.807, 2.05) is 0 Å². The lowest BCUT2D eigenvalue weighted by Crippen LogP contribution is -2.27. The van der Waals surface area contributed by atoms with Gasteiger partial charge in [-0.15, -0.1) is 0 Å². The molecule has 2 aromatic rings. The van der Waals surface area contributed by atoms with Crippen LogP contribution in [0.1, 0.15) is 18.4 Å². The molecule has 4 heteroatoms. The number of halogens is 2. The summed E-state index contributed by atoms with van der Waals surface area (Å²) in [5.41, 5.74) is 1.08. The van der Waals surface area contributed by atoms with Crippen LogP contribution in [0.2, 0.25) is 5.02 Å². The minimum atomic E-state index is -0.507. The summed E-state index contributed by atoms with van der Waals surface area (Å²) in [5, 5.41) is 3.52. The first-order chi connectivity index (χ1) is 9.60. The minimum Gasteiger partial charge on any atom is -0.325 e. The van der Waals surface area contributed by atoms with E-state index in [0.717, 1.165) is 18.4 Å². The Balaban J connectivity index is 1.79. The first kappa shape index (κ1) is 13.1. The van der Waals surface area contributed by atoms with Gasteiger partial charge in [-0.1, -0.05) is 23.7 Å². The largest absolute Gasteiger partial charge is 0.325 e. The minimum absolute atomic E-state index is 0.0496. The fourth-order valence-corrected chi connectivity index (χ4v) is 2.45. The Hall–Kier alpha value is -1.87. The predicted octanol–water partition coefficient (Wildman–Crippen LogP) is 4.15. The van der Waals surface area contributed by atoms with Gasteiger partial charge in [-0.3, -0.25) is 4.79 Å². The van der Waals surface area contributed by atoms with Crippen LogP contribution in [0.15, 0.2) is 48.5 Å². The molecule has 0 heterocycles. The molecule has 0 atom stereocenters. The van der Waals surface area contributed by atoms with E-state index >= 15 is 0 Å². The summed E-state index contributed by atoms with van der Waals surface area (Å²) in [7, 11) is 0. The van der Waals surface area contributed by atoms with Crippen molar-refractivity contribution in [1.29, 1.82) is 0 Å². The first-order valence-corrected chi connectivity index (χ1v) is 6.81. The van der Waals surface area contributed by atoms with Crippen LogP contribution in [0.3, 0.4) is 0 Å². The average molecular weight is 290 g/mol. The number of nitrogens with one attached hydrogen (secondary N) is 1. The summed E-state index contributed by atoms with van der Waals surface area (Å²) in [6.07, 6.45) is 1.58. The summed E-state index contributed by atoms with van der Waals surface area (Å²) < 4.78 is 13.0. The van der Waals surface area contributed by atoms with Crippen LogP contribution in [0.4, 0.5) is 10.1 Å². The monoisotopic (exact) mass is 289 g/mol. The van der Waals surface area contributed by atoms with Crippen molar-refractivity contribution in [2.45, 2.75) is 18.3 Å². The molecule has 0 radical (unpaired) electrons. The third kappa shape index (κ3) is 2.41. The maximum Gasteiger partial charge on any atom is 0.235 e. The number of rotatable bonds is 3. The second kappa shape index (κ2) is 4.91. The summed E-state index contributed by atoms with van der Waals surface area (Å²) in [6.45, 7) is 0. The number of amides is 1. The molecule has 0 unspecified atom stereocenters. The fourth-order valence-electron chi connectivity index (χ4n) is 2.32. The fraction of sp³-hybridized carbons (Fsp3) is 0.188. The number of hydrogen-bond acceptors (Lipinski definition) is 1. The molecule has 20 heavy (non-hydrogen) atoms. The van der Waals surface area contributed by atoms with Crippen molar-refractivity contribution in [3.8, 4) is 0 Å². The molecule has 2 aromatic carbocycles. The van der Waals surface area contributed by atoms with Gasteiger partial charge in [-0.25, -0.2) is 4.39 Å². The van der Waals surface area contributed by atoms with Gasteiger partial charge in [-0.2, -0.15) is 0 Å². The van der Waals surface area contributed by atoms with Gasteiger partial charge in [0.05, 0.1) is 5.41 Å². The van der Waals surface area contributed by atoms with Crippen molar-refractivity contribution in [2.24, 2.45) is 0 Å². The van der Waals surface area contributed by atoms with Crippen molar-refractivity contribution in [1.82, 2.24) is 0 Å². The first-order valence-electron chi connectivity index (χ1n) is 6.43. The summed E-state index contributed by atoms with van der Waals surface area (Å²) in [6, 6.07) is 13.1. The Morgan fingerprint density at radius 1 is 1.05 bits per heavy atom. The molecule has 1 aliphatic carbocycles. The van der Waals surface area contributed by atoms with Gasteiger partial charge in [0.2, 0.25) is 5.91 Å². The van der Waals surface area contributed by atoms with Crippen LogP contribution in [0.5, 0.6) is 0 Å². The topological polar surface area (TPSA) is 29.1 Å². The molecule has 1 N–H and O–H groups in total. The quantitative estimate of drug-likeness (QED) is 0.903. The average Bonchev–Trinajstić information content (AvgIpc) is 3.24.